The summed E-state index contributed by atoms with van der Waals surface area (Å²) in [7, 11) is 0. The number of amides is 3. The number of aromatic nitrogens is 1. The summed E-state index contributed by atoms with van der Waals surface area (Å²) in [5.41, 5.74) is -0.795. The minimum atomic E-state index is -5.05. The van der Waals surface area contributed by atoms with Crippen molar-refractivity contribution in [1.29, 1.82) is 0 Å². The molecule has 1 aliphatic heterocycles. The van der Waals surface area contributed by atoms with E-state index >= 15 is 0 Å². The number of ether oxygens (including phenoxy) is 1. The van der Waals surface area contributed by atoms with Crippen LogP contribution in [0.4, 0.5) is 17.6 Å². The van der Waals surface area contributed by atoms with Crippen LogP contribution in [0.25, 0.3) is 10.9 Å². The Bertz CT molecular complexity index is 1230. The first-order chi connectivity index (χ1) is 17.4. The molecular formula is C24H26F4N4O5. The van der Waals surface area contributed by atoms with E-state index in [1.807, 2.05) is 0 Å². The van der Waals surface area contributed by atoms with E-state index in [1.54, 1.807) is 6.92 Å². The van der Waals surface area contributed by atoms with Gasteiger partial charge in [-0.25, -0.2) is 4.39 Å². The highest BCUT2D eigenvalue weighted by molar-refractivity contribution is 6.03. The van der Waals surface area contributed by atoms with Crippen LogP contribution >= 0.6 is 0 Å². The summed E-state index contributed by atoms with van der Waals surface area (Å²) in [4.78, 5) is 53.8. The van der Waals surface area contributed by atoms with Gasteiger partial charge < -0.3 is 20.9 Å². The molecule has 0 spiro atoms. The molecule has 37 heavy (non-hydrogen) atoms. The van der Waals surface area contributed by atoms with Crippen LogP contribution in [0, 0.1) is 17.7 Å². The third-order valence-electron chi connectivity index (χ3n) is 6.92. The molecule has 0 unspecified atom stereocenters. The fourth-order valence-corrected chi connectivity index (χ4v) is 4.77. The average Bonchev–Trinajstić information content (AvgIpc) is 3.14. The van der Waals surface area contributed by atoms with Crippen LogP contribution < -0.4 is 16.0 Å². The van der Waals surface area contributed by atoms with Crippen molar-refractivity contribution in [1.82, 2.24) is 20.9 Å². The van der Waals surface area contributed by atoms with Crippen molar-refractivity contribution < 1.29 is 41.5 Å². The zero-order valence-corrected chi connectivity index (χ0v) is 19.8. The van der Waals surface area contributed by atoms with Crippen LogP contribution in [0.15, 0.2) is 24.3 Å². The van der Waals surface area contributed by atoms with Crippen molar-refractivity contribution in [2.24, 2.45) is 11.8 Å². The fraction of sp³-hybridized carbons (Fsp3) is 0.500. The lowest BCUT2D eigenvalue weighted by atomic mass is 9.95. The molecule has 2 heterocycles. The minimum Gasteiger partial charge on any atom is -0.356 e. The lowest BCUT2D eigenvalue weighted by molar-refractivity contribution is -0.321. The van der Waals surface area contributed by atoms with E-state index in [2.05, 4.69) is 25.7 Å². The highest BCUT2D eigenvalue weighted by Crippen LogP contribution is 2.46. The van der Waals surface area contributed by atoms with Gasteiger partial charge in [0.15, 0.2) is 5.78 Å². The van der Waals surface area contributed by atoms with Gasteiger partial charge in [0.05, 0.1) is 6.04 Å². The van der Waals surface area contributed by atoms with Crippen LogP contribution in [0.2, 0.25) is 0 Å². The Kier molecular flexibility index (Phi) is 7.27. The number of carbonyl (C=O) groups is 4. The Morgan fingerprint density at radius 1 is 1.24 bits per heavy atom. The number of H-pyrrole nitrogens is 1. The molecule has 1 aromatic carbocycles. The summed E-state index contributed by atoms with van der Waals surface area (Å²) in [5.74, 6) is -4.21. The highest BCUT2D eigenvalue weighted by atomic mass is 19.4. The molecule has 2 aliphatic rings. The minimum absolute atomic E-state index is 0.0864. The zero-order chi connectivity index (χ0) is 27.0. The number of nitrogens with one attached hydrogen (secondary N) is 4. The summed E-state index contributed by atoms with van der Waals surface area (Å²) in [6.45, 7) is 0.828. The van der Waals surface area contributed by atoms with Crippen molar-refractivity contribution in [3.8, 4) is 0 Å². The lowest BCUT2D eigenvalue weighted by Crippen LogP contribution is -2.55. The maximum atomic E-state index is 13.5. The summed E-state index contributed by atoms with van der Waals surface area (Å²) < 4.78 is 54.7. The van der Waals surface area contributed by atoms with Gasteiger partial charge in [0.2, 0.25) is 11.8 Å². The van der Waals surface area contributed by atoms with Crippen molar-refractivity contribution in [3.63, 3.8) is 0 Å². The lowest BCUT2D eigenvalue weighted by Gasteiger charge is -2.25. The third kappa shape index (κ3) is 5.92. The Morgan fingerprint density at radius 2 is 2.00 bits per heavy atom. The van der Waals surface area contributed by atoms with Gasteiger partial charge in [0.25, 0.3) is 5.91 Å². The van der Waals surface area contributed by atoms with Crippen LogP contribution in [0.1, 0.15) is 43.1 Å². The molecule has 2 fully saturated rings. The standard InChI is InChI=1S/C24H26F4N4O5/c1-2-14-10-23(14,32-21(35)18-9-13-7-15(25)3-4-16(13)30-18)22(36)31-17(8-12-5-6-29-20(12)34)19(33)11-37-24(26,27)28/h3-4,7,9,12,14,17,30H,2,5-6,8,10-11H2,1H3,(H,29,34)(H,31,36)(H,32,35)/t12-,14+,17-,23+/m0/s1. The van der Waals surface area contributed by atoms with Crippen LogP contribution in [0.3, 0.4) is 0 Å². The van der Waals surface area contributed by atoms with Gasteiger partial charge in [-0.2, -0.15) is 0 Å². The second kappa shape index (κ2) is 10.1. The Labute approximate surface area is 208 Å². The highest BCUT2D eigenvalue weighted by Gasteiger charge is 2.60. The zero-order valence-electron chi connectivity index (χ0n) is 19.8. The molecule has 0 radical (unpaired) electrons. The number of halogens is 4. The van der Waals surface area contributed by atoms with Crippen molar-refractivity contribution in [2.45, 2.75) is 50.6 Å². The van der Waals surface area contributed by atoms with E-state index in [9.17, 15) is 36.7 Å². The second-order valence-electron chi connectivity index (χ2n) is 9.39. The van der Waals surface area contributed by atoms with E-state index < -0.39 is 53.9 Å². The number of hydrogen-bond donors (Lipinski definition) is 4. The van der Waals surface area contributed by atoms with E-state index in [-0.39, 0.29) is 30.4 Å². The van der Waals surface area contributed by atoms with Gasteiger partial charge in [-0.15, -0.1) is 13.2 Å². The van der Waals surface area contributed by atoms with Crippen molar-refractivity contribution in [2.75, 3.05) is 13.2 Å². The van der Waals surface area contributed by atoms with Gasteiger partial charge in [-0.05, 0) is 49.4 Å². The SMILES string of the molecule is CC[C@@H]1C[C@]1(NC(=O)c1cc2cc(F)ccc2[nH]1)C(=O)N[C@@H](C[C@@H]1CCNC1=O)C(=O)COC(F)(F)F. The predicted octanol–water partition coefficient (Wildman–Crippen LogP) is 2.32. The van der Waals surface area contributed by atoms with E-state index in [4.69, 9.17) is 0 Å². The maximum absolute atomic E-state index is 13.5. The predicted molar refractivity (Wildman–Crippen MR) is 122 cm³/mol. The maximum Gasteiger partial charge on any atom is 0.522 e. The molecule has 2 aromatic rings. The summed E-state index contributed by atoms with van der Waals surface area (Å²) >= 11 is 0. The molecule has 0 bridgehead atoms. The van der Waals surface area contributed by atoms with Gasteiger partial charge in [0, 0.05) is 23.4 Å². The monoisotopic (exact) mass is 526 g/mol. The topological polar surface area (TPSA) is 129 Å². The van der Waals surface area contributed by atoms with Crippen molar-refractivity contribution in [3.05, 3.63) is 35.8 Å². The summed E-state index contributed by atoms with van der Waals surface area (Å²) in [6.07, 6.45) is -4.13. The molecule has 1 saturated heterocycles. The first-order valence-electron chi connectivity index (χ1n) is 11.8. The second-order valence-corrected chi connectivity index (χ2v) is 9.39. The van der Waals surface area contributed by atoms with E-state index in [0.29, 0.717) is 30.3 Å². The van der Waals surface area contributed by atoms with Crippen LogP contribution in [0.5, 0.6) is 0 Å². The smallest absolute Gasteiger partial charge is 0.356 e. The van der Waals surface area contributed by atoms with Gasteiger partial charge in [-0.1, -0.05) is 13.3 Å². The molecular weight excluding hydrogens is 500 g/mol. The first kappa shape index (κ1) is 26.6. The number of alkyl halides is 3. The molecule has 1 saturated carbocycles. The van der Waals surface area contributed by atoms with Gasteiger partial charge in [-0.3, -0.25) is 23.9 Å². The molecule has 4 N–H and O–H groups in total. The van der Waals surface area contributed by atoms with Crippen LogP contribution in [-0.4, -0.2) is 59.6 Å². The molecule has 4 rings (SSSR count). The number of benzene rings is 1. The molecule has 13 heteroatoms. The summed E-state index contributed by atoms with van der Waals surface area (Å²) in [6, 6.07) is 3.95. The fourth-order valence-electron chi connectivity index (χ4n) is 4.77. The largest absolute Gasteiger partial charge is 0.522 e. The Balaban J connectivity index is 1.51. The van der Waals surface area contributed by atoms with Crippen LogP contribution in [-0.2, 0) is 19.1 Å². The summed E-state index contributed by atoms with van der Waals surface area (Å²) in [5, 5.41) is 8.19. The Hall–Kier alpha value is -3.48. The number of ketones is 1. The molecule has 9 nitrogen and oxygen atoms in total. The quantitative estimate of drug-likeness (QED) is 0.353. The number of aromatic amines is 1. The van der Waals surface area contributed by atoms with Gasteiger partial charge >= 0.3 is 6.36 Å². The molecule has 1 aromatic heterocycles. The number of hydrogen-bond acceptors (Lipinski definition) is 5. The van der Waals surface area contributed by atoms with E-state index in [1.165, 1.54) is 24.3 Å². The molecule has 200 valence electrons. The third-order valence-corrected chi connectivity index (χ3v) is 6.92. The number of carbonyl (C=O) groups excluding carboxylic acids is 4. The molecule has 3 amide bonds. The van der Waals surface area contributed by atoms with E-state index in [0.717, 1.165) is 0 Å². The van der Waals surface area contributed by atoms with Crippen molar-refractivity contribution >= 4 is 34.4 Å². The molecule has 4 atom stereocenters. The molecule has 1 aliphatic carbocycles. The van der Waals surface area contributed by atoms with Gasteiger partial charge in [0.1, 0.15) is 23.7 Å². The average molecular weight is 526 g/mol. The first-order valence-corrected chi connectivity index (χ1v) is 11.8. The normalized spacial score (nSPS) is 24.0. The number of rotatable bonds is 10. The number of fused-ring (bicyclic) bond motifs is 1. The Morgan fingerprint density at radius 3 is 2.62 bits per heavy atom. The number of Topliss-reactive ketones (excluding diaryl/α,β-unsaturated/α-hetero) is 1.